The second-order valence-corrected chi connectivity index (χ2v) is 4.53. The van der Waals surface area contributed by atoms with Gasteiger partial charge in [-0.15, -0.1) is 0 Å². The zero-order chi connectivity index (χ0) is 14.3. The Morgan fingerprint density at radius 3 is 2.53 bits per heavy atom. The van der Waals surface area contributed by atoms with E-state index in [-0.39, 0.29) is 18.7 Å². The van der Waals surface area contributed by atoms with E-state index in [1.807, 2.05) is 30.3 Å². The Kier molecular flexibility index (Phi) is 6.02. The zero-order valence-electron chi connectivity index (χ0n) is 11.1. The average molecular weight is 264 g/mol. The number of benzene rings is 1. The van der Waals surface area contributed by atoms with Crippen LogP contribution in [0.3, 0.4) is 0 Å². The maximum Gasteiger partial charge on any atom is 0.303 e. The lowest BCUT2D eigenvalue weighted by Gasteiger charge is -2.21. The summed E-state index contributed by atoms with van der Waals surface area (Å²) in [5.41, 5.74) is 6.83. The van der Waals surface area contributed by atoms with Gasteiger partial charge in [-0.3, -0.25) is 9.59 Å². The van der Waals surface area contributed by atoms with Gasteiger partial charge in [-0.05, 0) is 18.4 Å². The molecule has 1 atom stereocenters. The van der Waals surface area contributed by atoms with Gasteiger partial charge in [0.25, 0.3) is 0 Å². The first-order valence-corrected chi connectivity index (χ1v) is 6.27. The van der Waals surface area contributed by atoms with Gasteiger partial charge in [0.2, 0.25) is 5.91 Å². The minimum absolute atomic E-state index is 0.0839. The fraction of sp³-hybridized carbons (Fsp3) is 0.429. The van der Waals surface area contributed by atoms with Crippen LogP contribution in [-0.2, 0) is 16.0 Å². The third-order valence-electron chi connectivity index (χ3n) is 2.94. The van der Waals surface area contributed by atoms with Crippen molar-refractivity contribution in [3.63, 3.8) is 0 Å². The summed E-state index contributed by atoms with van der Waals surface area (Å²) in [7, 11) is 1.69. The fourth-order valence-corrected chi connectivity index (χ4v) is 1.74. The third-order valence-corrected chi connectivity index (χ3v) is 2.94. The van der Waals surface area contributed by atoms with Crippen LogP contribution in [0.1, 0.15) is 18.4 Å². The minimum atomic E-state index is -0.935. The van der Waals surface area contributed by atoms with Crippen LogP contribution in [0.5, 0.6) is 0 Å². The summed E-state index contributed by atoms with van der Waals surface area (Å²) < 4.78 is 0. The normalized spacial score (nSPS) is 11.9. The van der Waals surface area contributed by atoms with E-state index in [9.17, 15) is 9.59 Å². The number of nitrogens with two attached hydrogens (primary N) is 1. The lowest BCUT2D eigenvalue weighted by atomic mass is 10.1. The van der Waals surface area contributed by atoms with Crippen LogP contribution < -0.4 is 5.73 Å². The van der Waals surface area contributed by atoms with Crippen molar-refractivity contribution in [2.24, 2.45) is 5.73 Å². The van der Waals surface area contributed by atoms with E-state index in [2.05, 4.69) is 0 Å². The number of aliphatic carboxylic acids is 1. The number of hydrogen-bond acceptors (Lipinski definition) is 3. The van der Waals surface area contributed by atoms with Crippen LogP contribution >= 0.6 is 0 Å². The topological polar surface area (TPSA) is 83.6 Å². The first-order valence-electron chi connectivity index (χ1n) is 6.27. The van der Waals surface area contributed by atoms with E-state index in [1.54, 1.807) is 11.9 Å². The van der Waals surface area contributed by atoms with E-state index in [4.69, 9.17) is 10.8 Å². The van der Waals surface area contributed by atoms with E-state index >= 15 is 0 Å². The Balaban J connectivity index is 2.38. The van der Waals surface area contributed by atoms with Gasteiger partial charge in [0.05, 0.1) is 6.04 Å². The maximum absolute atomic E-state index is 11.9. The Bertz CT molecular complexity index is 420. The molecule has 0 radical (unpaired) electrons. The lowest BCUT2D eigenvalue weighted by Crippen LogP contribution is -2.42. The summed E-state index contributed by atoms with van der Waals surface area (Å²) in [6.07, 6.45) is 0.845. The van der Waals surface area contributed by atoms with Crippen molar-refractivity contribution in [3.05, 3.63) is 35.9 Å². The fourth-order valence-electron chi connectivity index (χ4n) is 1.74. The molecule has 0 saturated carbocycles. The van der Waals surface area contributed by atoms with Crippen LogP contribution in [0.4, 0.5) is 0 Å². The molecule has 0 spiro atoms. The molecule has 1 aromatic rings. The molecule has 1 aromatic carbocycles. The highest BCUT2D eigenvalue weighted by atomic mass is 16.4. The summed E-state index contributed by atoms with van der Waals surface area (Å²) in [6.45, 7) is 0.573. The Labute approximate surface area is 113 Å². The molecule has 0 aliphatic heterocycles. The Morgan fingerprint density at radius 2 is 1.95 bits per heavy atom. The second kappa shape index (κ2) is 7.53. The first kappa shape index (κ1) is 15.2. The average Bonchev–Trinajstić information content (AvgIpc) is 2.42. The highest BCUT2D eigenvalue weighted by Crippen LogP contribution is 2.03. The van der Waals surface area contributed by atoms with Gasteiger partial charge < -0.3 is 15.7 Å². The summed E-state index contributed by atoms with van der Waals surface area (Å²) in [5, 5.41) is 8.55. The number of carbonyl (C=O) groups is 2. The molecule has 0 aliphatic carbocycles. The molecular weight excluding hydrogens is 244 g/mol. The molecule has 0 heterocycles. The molecule has 0 aliphatic rings. The number of rotatable bonds is 7. The summed E-state index contributed by atoms with van der Waals surface area (Å²) in [4.78, 5) is 23.9. The number of amides is 1. The zero-order valence-corrected chi connectivity index (χ0v) is 11.1. The van der Waals surface area contributed by atoms with Crippen molar-refractivity contribution in [1.29, 1.82) is 0 Å². The van der Waals surface area contributed by atoms with Crippen molar-refractivity contribution < 1.29 is 14.7 Å². The molecule has 0 saturated heterocycles. The van der Waals surface area contributed by atoms with Gasteiger partial charge in [-0.25, -0.2) is 0 Å². The highest BCUT2D eigenvalue weighted by molar-refractivity contribution is 5.82. The van der Waals surface area contributed by atoms with E-state index in [1.165, 1.54) is 0 Å². The largest absolute Gasteiger partial charge is 0.481 e. The monoisotopic (exact) mass is 264 g/mol. The van der Waals surface area contributed by atoms with Gasteiger partial charge in [-0.1, -0.05) is 30.3 Å². The van der Waals surface area contributed by atoms with Gasteiger partial charge in [0, 0.05) is 20.0 Å². The van der Waals surface area contributed by atoms with Crippen LogP contribution in [0, 0.1) is 0 Å². The van der Waals surface area contributed by atoms with Crippen LogP contribution in [0.2, 0.25) is 0 Å². The highest BCUT2D eigenvalue weighted by Gasteiger charge is 2.18. The summed E-state index contributed by atoms with van der Waals surface area (Å²) >= 11 is 0. The third kappa shape index (κ3) is 5.52. The minimum Gasteiger partial charge on any atom is -0.481 e. The van der Waals surface area contributed by atoms with Crippen molar-refractivity contribution >= 4 is 11.9 Å². The summed E-state index contributed by atoms with van der Waals surface area (Å²) in [5.74, 6) is -1.15. The quantitative estimate of drug-likeness (QED) is 0.765. The number of likely N-dealkylation sites (N-methyl/N-ethyl adjacent to an activating group) is 1. The van der Waals surface area contributed by atoms with E-state index in [0.717, 1.165) is 12.0 Å². The molecule has 104 valence electrons. The van der Waals surface area contributed by atoms with Gasteiger partial charge in [-0.2, -0.15) is 0 Å². The van der Waals surface area contributed by atoms with Crippen molar-refractivity contribution in [2.45, 2.75) is 25.3 Å². The lowest BCUT2D eigenvalue weighted by molar-refractivity contribution is -0.137. The summed E-state index contributed by atoms with van der Waals surface area (Å²) in [6, 6.07) is 9.12. The molecule has 0 bridgehead atoms. The maximum atomic E-state index is 11.9. The molecule has 0 aromatic heterocycles. The van der Waals surface area contributed by atoms with Crippen molar-refractivity contribution in [3.8, 4) is 0 Å². The molecule has 3 N–H and O–H groups in total. The molecular formula is C14H20N2O3. The molecule has 1 unspecified atom stereocenters. The van der Waals surface area contributed by atoms with Gasteiger partial charge in [0.1, 0.15) is 0 Å². The van der Waals surface area contributed by atoms with E-state index in [0.29, 0.717) is 6.54 Å². The smallest absolute Gasteiger partial charge is 0.303 e. The molecule has 1 rings (SSSR count). The van der Waals surface area contributed by atoms with E-state index < -0.39 is 12.0 Å². The molecule has 1 amide bonds. The Morgan fingerprint density at radius 1 is 1.32 bits per heavy atom. The number of carboxylic acids is 1. The first-order chi connectivity index (χ1) is 9.00. The number of hydrogen-bond donors (Lipinski definition) is 2. The van der Waals surface area contributed by atoms with Gasteiger partial charge in [0.15, 0.2) is 0 Å². The number of carbonyl (C=O) groups excluding carboxylic acids is 1. The SMILES string of the molecule is CN(CCc1ccccc1)C(=O)C(N)CCC(=O)O. The predicted octanol–water partition coefficient (Wildman–Crippen LogP) is 0.880. The molecule has 19 heavy (non-hydrogen) atoms. The van der Waals surface area contributed by atoms with Crippen LogP contribution in [-0.4, -0.2) is 41.5 Å². The second-order valence-electron chi connectivity index (χ2n) is 4.53. The number of carboxylic acid groups (broad SMARTS) is 1. The number of nitrogens with zero attached hydrogens (tertiary/aromatic N) is 1. The van der Waals surface area contributed by atoms with Crippen molar-refractivity contribution in [1.82, 2.24) is 4.90 Å². The molecule has 5 nitrogen and oxygen atoms in total. The standard InChI is InChI=1S/C14H20N2O3/c1-16(10-9-11-5-3-2-4-6-11)14(19)12(15)7-8-13(17)18/h2-6,12H,7-10,15H2,1H3,(H,17,18). The molecule has 0 fully saturated rings. The van der Waals surface area contributed by atoms with Crippen LogP contribution in [0.15, 0.2) is 30.3 Å². The Hall–Kier alpha value is -1.88. The van der Waals surface area contributed by atoms with Crippen molar-refractivity contribution in [2.75, 3.05) is 13.6 Å². The predicted molar refractivity (Wildman–Crippen MR) is 72.6 cm³/mol. The molecule has 5 heteroatoms. The van der Waals surface area contributed by atoms with Gasteiger partial charge >= 0.3 is 5.97 Å². The van der Waals surface area contributed by atoms with Crippen LogP contribution in [0.25, 0.3) is 0 Å².